The van der Waals surface area contributed by atoms with Crippen LogP contribution in [-0.2, 0) is 28.4 Å². The predicted octanol–water partition coefficient (Wildman–Crippen LogP) is 2.00. The maximum absolute atomic E-state index is 6.20. The van der Waals surface area contributed by atoms with E-state index in [1.807, 2.05) is 34.6 Å². The first kappa shape index (κ1) is 19.8. The van der Waals surface area contributed by atoms with Gasteiger partial charge in [-0.25, -0.2) is 0 Å². The molecule has 1 fully saturated rings. The molecule has 0 N–H and O–H groups in total. The average molecular weight is 320 g/mol. The van der Waals surface area contributed by atoms with E-state index in [9.17, 15) is 0 Å². The SMILES string of the molecule is CCOCC1OC(COCC)(OCC)C(OCC)C1OCC. The van der Waals surface area contributed by atoms with Crippen LogP contribution in [0.1, 0.15) is 34.6 Å². The van der Waals surface area contributed by atoms with Gasteiger partial charge in [0, 0.05) is 33.0 Å². The van der Waals surface area contributed by atoms with Crippen molar-refractivity contribution in [3.63, 3.8) is 0 Å². The van der Waals surface area contributed by atoms with Crippen LogP contribution >= 0.6 is 0 Å². The molecule has 0 spiro atoms. The highest BCUT2D eigenvalue weighted by Gasteiger charge is 2.57. The molecule has 4 atom stereocenters. The second kappa shape index (κ2) is 10.5. The zero-order valence-electron chi connectivity index (χ0n) is 14.6. The van der Waals surface area contributed by atoms with Crippen LogP contribution in [0.25, 0.3) is 0 Å². The molecule has 0 bridgehead atoms. The lowest BCUT2D eigenvalue weighted by atomic mass is 10.0. The molecule has 4 unspecified atom stereocenters. The van der Waals surface area contributed by atoms with Gasteiger partial charge in [0.2, 0.25) is 5.79 Å². The van der Waals surface area contributed by atoms with Crippen molar-refractivity contribution in [2.24, 2.45) is 0 Å². The first-order chi connectivity index (χ1) is 10.7. The summed E-state index contributed by atoms with van der Waals surface area (Å²) in [6.45, 7) is 13.4. The number of hydrogen-bond acceptors (Lipinski definition) is 6. The molecule has 6 nitrogen and oxygen atoms in total. The molecule has 132 valence electrons. The summed E-state index contributed by atoms with van der Waals surface area (Å²) in [4.78, 5) is 0. The van der Waals surface area contributed by atoms with Gasteiger partial charge in [-0.3, -0.25) is 0 Å². The lowest BCUT2D eigenvalue weighted by molar-refractivity contribution is -0.286. The Hall–Kier alpha value is -0.240. The number of hydrogen-bond donors (Lipinski definition) is 0. The minimum atomic E-state index is -0.942. The van der Waals surface area contributed by atoms with E-state index in [0.29, 0.717) is 46.2 Å². The highest BCUT2D eigenvalue weighted by molar-refractivity contribution is 4.99. The molecule has 1 aliphatic heterocycles. The number of ether oxygens (including phenoxy) is 6. The molecule has 1 aliphatic rings. The Morgan fingerprint density at radius 1 is 0.818 bits per heavy atom. The van der Waals surface area contributed by atoms with Crippen LogP contribution < -0.4 is 0 Å². The highest BCUT2D eigenvalue weighted by Crippen LogP contribution is 2.37. The van der Waals surface area contributed by atoms with Gasteiger partial charge < -0.3 is 28.4 Å². The fourth-order valence-corrected chi connectivity index (χ4v) is 2.75. The predicted molar refractivity (Wildman–Crippen MR) is 83.0 cm³/mol. The quantitative estimate of drug-likeness (QED) is 0.548. The molecule has 0 aliphatic carbocycles. The van der Waals surface area contributed by atoms with Crippen LogP contribution in [0.3, 0.4) is 0 Å². The van der Waals surface area contributed by atoms with Crippen LogP contribution in [0.5, 0.6) is 0 Å². The van der Waals surface area contributed by atoms with E-state index in [4.69, 9.17) is 28.4 Å². The van der Waals surface area contributed by atoms with E-state index in [-0.39, 0.29) is 18.3 Å². The van der Waals surface area contributed by atoms with Crippen LogP contribution in [0.15, 0.2) is 0 Å². The summed E-state index contributed by atoms with van der Waals surface area (Å²) in [5, 5.41) is 0. The molecule has 0 amide bonds. The fourth-order valence-electron chi connectivity index (χ4n) is 2.75. The summed E-state index contributed by atoms with van der Waals surface area (Å²) < 4.78 is 35.1. The highest BCUT2D eigenvalue weighted by atomic mass is 16.8. The van der Waals surface area contributed by atoms with E-state index < -0.39 is 5.79 Å². The van der Waals surface area contributed by atoms with Crippen LogP contribution in [0, 0.1) is 0 Å². The van der Waals surface area contributed by atoms with E-state index in [2.05, 4.69) is 0 Å². The van der Waals surface area contributed by atoms with Gasteiger partial charge in [-0.1, -0.05) is 0 Å². The standard InChI is InChI=1S/C16H32O6/c1-6-17-11-13-14(19-8-3)15(20-9-4)16(22-13,21-10-5)12-18-7-2/h13-15H,6-12H2,1-5H3. The lowest BCUT2D eigenvalue weighted by Crippen LogP contribution is -2.51. The monoisotopic (exact) mass is 320 g/mol. The van der Waals surface area contributed by atoms with Crippen molar-refractivity contribution < 1.29 is 28.4 Å². The molecule has 0 aromatic carbocycles. The summed E-state index contributed by atoms with van der Waals surface area (Å²) in [6.07, 6.45) is -0.804. The normalized spacial score (nSPS) is 31.8. The van der Waals surface area contributed by atoms with Gasteiger partial charge in [0.1, 0.15) is 24.9 Å². The van der Waals surface area contributed by atoms with Crippen molar-refractivity contribution in [3.05, 3.63) is 0 Å². The minimum absolute atomic E-state index is 0.233. The summed E-state index contributed by atoms with van der Waals surface area (Å²) in [7, 11) is 0. The molecule has 0 saturated carbocycles. The molecule has 6 heteroatoms. The summed E-state index contributed by atoms with van der Waals surface area (Å²) in [5.41, 5.74) is 0. The lowest BCUT2D eigenvalue weighted by Gasteiger charge is -2.34. The third-order valence-corrected chi connectivity index (χ3v) is 3.54. The van der Waals surface area contributed by atoms with Crippen molar-refractivity contribution in [2.75, 3.05) is 46.2 Å². The molecular weight excluding hydrogens is 288 g/mol. The second-order valence-electron chi connectivity index (χ2n) is 4.99. The van der Waals surface area contributed by atoms with Crippen molar-refractivity contribution in [3.8, 4) is 0 Å². The molecule has 0 radical (unpaired) electrons. The van der Waals surface area contributed by atoms with Gasteiger partial charge in [-0.2, -0.15) is 0 Å². The Labute approximate surface area is 134 Å². The van der Waals surface area contributed by atoms with Gasteiger partial charge >= 0.3 is 0 Å². The first-order valence-electron chi connectivity index (χ1n) is 8.39. The molecule has 0 aromatic heterocycles. The first-order valence-corrected chi connectivity index (χ1v) is 8.39. The zero-order chi connectivity index (χ0) is 16.4. The molecule has 0 aromatic rings. The average Bonchev–Trinajstić information content (AvgIpc) is 2.79. The number of rotatable bonds is 12. The Morgan fingerprint density at radius 3 is 2.05 bits per heavy atom. The van der Waals surface area contributed by atoms with E-state index in [0.717, 1.165) is 0 Å². The van der Waals surface area contributed by atoms with Gasteiger partial charge in [0.15, 0.2) is 0 Å². The summed E-state index contributed by atoms with van der Waals surface area (Å²) in [6, 6.07) is 0. The van der Waals surface area contributed by atoms with Crippen molar-refractivity contribution in [1.82, 2.24) is 0 Å². The second-order valence-corrected chi connectivity index (χ2v) is 4.99. The van der Waals surface area contributed by atoms with Crippen LogP contribution in [0.4, 0.5) is 0 Å². The topological polar surface area (TPSA) is 55.4 Å². The maximum atomic E-state index is 6.20. The Bertz CT molecular complexity index is 288. The van der Waals surface area contributed by atoms with E-state index >= 15 is 0 Å². The Balaban J connectivity index is 2.98. The largest absolute Gasteiger partial charge is 0.379 e. The Morgan fingerprint density at radius 2 is 1.50 bits per heavy atom. The van der Waals surface area contributed by atoms with E-state index in [1.54, 1.807) is 0 Å². The smallest absolute Gasteiger partial charge is 0.222 e. The third kappa shape index (κ3) is 4.88. The van der Waals surface area contributed by atoms with Gasteiger partial charge in [-0.05, 0) is 34.6 Å². The van der Waals surface area contributed by atoms with Crippen molar-refractivity contribution in [1.29, 1.82) is 0 Å². The summed E-state index contributed by atoms with van der Waals surface area (Å²) in [5.74, 6) is -0.942. The van der Waals surface area contributed by atoms with Crippen molar-refractivity contribution >= 4 is 0 Å². The van der Waals surface area contributed by atoms with Gasteiger partial charge in [0.05, 0.1) is 6.61 Å². The van der Waals surface area contributed by atoms with Gasteiger partial charge in [-0.15, -0.1) is 0 Å². The zero-order valence-corrected chi connectivity index (χ0v) is 14.6. The third-order valence-electron chi connectivity index (χ3n) is 3.54. The fraction of sp³-hybridized carbons (Fsp3) is 1.00. The Kier molecular flexibility index (Phi) is 9.47. The minimum Gasteiger partial charge on any atom is -0.379 e. The molecular formula is C16H32O6. The maximum Gasteiger partial charge on any atom is 0.222 e. The van der Waals surface area contributed by atoms with Crippen LogP contribution in [-0.4, -0.2) is 70.3 Å². The molecule has 1 saturated heterocycles. The molecule has 22 heavy (non-hydrogen) atoms. The van der Waals surface area contributed by atoms with Gasteiger partial charge in [0.25, 0.3) is 0 Å². The van der Waals surface area contributed by atoms with E-state index in [1.165, 1.54) is 0 Å². The molecule has 1 rings (SSSR count). The summed E-state index contributed by atoms with van der Waals surface area (Å²) >= 11 is 0. The van der Waals surface area contributed by atoms with Crippen molar-refractivity contribution in [2.45, 2.75) is 58.7 Å². The van der Waals surface area contributed by atoms with Crippen LogP contribution in [0.2, 0.25) is 0 Å². The molecule has 1 heterocycles.